The standard InChI is InChI=1S/C10H6ClNO3S/c11-16(14,15)9-6-2-4-7-3-1-5-8(12-13)10(7)9/h1-6H/p+1. The van der Waals surface area contributed by atoms with Gasteiger partial charge in [0.15, 0.2) is 0 Å². The number of hydrogen-bond donors (Lipinski definition) is 1. The first kappa shape index (κ1) is 11.0. The predicted octanol–water partition coefficient (Wildman–Crippen LogP) is 1.25. The summed E-state index contributed by atoms with van der Waals surface area (Å²) in [5, 5.41) is 2.67. The zero-order chi connectivity index (χ0) is 11.8. The fraction of sp³-hybridized carbons (Fsp3) is 0. The van der Waals surface area contributed by atoms with Gasteiger partial charge in [-0.2, -0.15) is 0 Å². The van der Waals surface area contributed by atoms with Crippen LogP contribution in [0.1, 0.15) is 0 Å². The molecule has 0 radical (unpaired) electrons. The van der Waals surface area contributed by atoms with Gasteiger partial charge >= 0.3 is 0 Å². The van der Waals surface area contributed by atoms with Gasteiger partial charge in [-0.05, 0) is 11.5 Å². The molecule has 2 aromatic rings. The van der Waals surface area contributed by atoms with Crippen LogP contribution in [0.5, 0.6) is 0 Å². The van der Waals surface area contributed by atoms with Crippen molar-refractivity contribution in [2.75, 3.05) is 0 Å². The van der Waals surface area contributed by atoms with Crippen molar-refractivity contribution < 1.29 is 13.6 Å². The topological polar surface area (TPSA) is 65.2 Å². The van der Waals surface area contributed by atoms with Crippen LogP contribution in [0, 0.1) is 4.91 Å². The van der Waals surface area contributed by atoms with Crippen LogP contribution in [0.2, 0.25) is 0 Å². The van der Waals surface area contributed by atoms with E-state index in [1.165, 1.54) is 12.1 Å². The zero-order valence-electron chi connectivity index (χ0n) is 7.98. The highest BCUT2D eigenvalue weighted by atomic mass is 35.7. The Kier molecular flexibility index (Phi) is 2.65. The molecule has 82 valence electrons. The molecular formula is C10H7ClNO3S+. The Hall–Kier alpha value is -1.46. The van der Waals surface area contributed by atoms with E-state index >= 15 is 0 Å². The minimum absolute atomic E-state index is 0.0642. The van der Waals surface area contributed by atoms with E-state index in [-0.39, 0.29) is 10.6 Å². The second-order valence-corrected chi connectivity index (χ2v) is 5.73. The Morgan fingerprint density at radius 3 is 2.25 bits per heavy atom. The van der Waals surface area contributed by atoms with Crippen LogP contribution in [-0.2, 0) is 9.05 Å². The van der Waals surface area contributed by atoms with Crippen molar-refractivity contribution in [2.24, 2.45) is 0 Å². The maximum atomic E-state index is 11.4. The molecule has 0 bridgehead atoms. The molecule has 0 aromatic heterocycles. The number of rotatable bonds is 2. The molecule has 0 unspecified atom stereocenters. The van der Waals surface area contributed by atoms with Gasteiger partial charge < -0.3 is 0 Å². The highest BCUT2D eigenvalue weighted by molar-refractivity contribution is 8.14. The lowest BCUT2D eigenvalue weighted by molar-refractivity contribution is -0.377. The average molecular weight is 257 g/mol. The second-order valence-electron chi connectivity index (χ2n) is 3.20. The molecule has 0 saturated heterocycles. The van der Waals surface area contributed by atoms with Crippen molar-refractivity contribution in [1.82, 2.24) is 0 Å². The van der Waals surface area contributed by atoms with Crippen LogP contribution in [0.15, 0.2) is 41.3 Å². The molecule has 0 atom stereocenters. The smallest absolute Gasteiger partial charge is 0.207 e. The van der Waals surface area contributed by atoms with Crippen molar-refractivity contribution in [2.45, 2.75) is 4.90 Å². The SMILES string of the molecule is O=[NH+]c1cccc2cccc(S(=O)(=O)Cl)c12. The Balaban J connectivity index is 3.01. The largest absolute Gasteiger partial charge is 0.262 e. The molecule has 0 aliphatic carbocycles. The van der Waals surface area contributed by atoms with E-state index in [9.17, 15) is 13.3 Å². The summed E-state index contributed by atoms with van der Waals surface area (Å²) in [5.74, 6) is 0. The summed E-state index contributed by atoms with van der Waals surface area (Å²) in [4.78, 5) is 10.7. The summed E-state index contributed by atoms with van der Waals surface area (Å²) in [6.45, 7) is 0. The number of nitrogens with one attached hydrogen (secondary N) is 1. The third kappa shape index (κ3) is 1.79. The molecule has 0 spiro atoms. The second kappa shape index (κ2) is 3.84. The Morgan fingerprint density at radius 1 is 1.06 bits per heavy atom. The molecule has 0 fully saturated rings. The first-order chi connectivity index (χ1) is 7.54. The van der Waals surface area contributed by atoms with Crippen LogP contribution in [0.25, 0.3) is 10.8 Å². The third-order valence-electron chi connectivity index (χ3n) is 2.24. The van der Waals surface area contributed by atoms with Crippen molar-refractivity contribution >= 4 is 36.2 Å². The molecule has 16 heavy (non-hydrogen) atoms. The average Bonchev–Trinajstić information content (AvgIpc) is 2.26. The molecule has 2 aromatic carbocycles. The summed E-state index contributed by atoms with van der Waals surface area (Å²) in [6, 6.07) is 9.52. The van der Waals surface area contributed by atoms with E-state index in [1.54, 1.807) is 29.4 Å². The number of halogens is 1. The Labute approximate surface area is 96.2 Å². The Bertz CT molecular complexity index is 662. The van der Waals surface area contributed by atoms with Crippen molar-refractivity contribution in [3.8, 4) is 0 Å². The van der Waals surface area contributed by atoms with Gasteiger partial charge in [0.05, 0.1) is 10.3 Å². The van der Waals surface area contributed by atoms with Gasteiger partial charge in [-0.15, -0.1) is 0 Å². The molecule has 0 aliphatic heterocycles. The minimum Gasteiger partial charge on any atom is -0.207 e. The molecule has 6 heteroatoms. The number of benzene rings is 2. The molecule has 2 rings (SSSR count). The molecule has 0 amide bonds. The van der Waals surface area contributed by atoms with Crippen LogP contribution in [-0.4, -0.2) is 8.42 Å². The van der Waals surface area contributed by atoms with Gasteiger partial charge in [0, 0.05) is 26.8 Å². The molecule has 0 saturated carbocycles. The molecule has 0 aliphatic rings. The van der Waals surface area contributed by atoms with E-state index in [1.807, 2.05) is 0 Å². The van der Waals surface area contributed by atoms with Crippen LogP contribution < -0.4 is 5.18 Å². The lowest BCUT2D eigenvalue weighted by atomic mass is 10.1. The number of fused-ring (bicyclic) bond motifs is 1. The monoisotopic (exact) mass is 256 g/mol. The van der Waals surface area contributed by atoms with Gasteiger partial charge in [0.2, 0.25) is 0 Å². The maximum absolute atomic E-state index is 11.4. The van der Waals surface area contributed by atoms with Crippen LogP contribution in [0.3, 0.4) is 0 Å². The maximum Gasteiger partial charge on any atom is 0.262 e. The summed E-state index contributed by atoms with van der Waals surface area (Å²) in [7, 11) is 1.44. The molecule has 4 nitrogen and oxygen atoms in total. The van der Waals surface area contributed by atoms with Crippen molar-refractivity contribution in [3.05, 3.63) is 41.3 Å². The van der Waals surface area contributed by atoms with E-state index in [0.29, 0.717) is 10.8 Å². The third-order valence-corrected chi connectivity index (χ3v) is 3.60. The number of nitroso groups, excluding NO2 is 1. The van der Waals surface area contributed by atoms with Gasteiger partial charge in [-0.3, -0.25) is 0 Å². The Morgan fingerprint density at radius 2 is 1.69 bits per heavy atom. The highest BCUT2D eigenvalue weighted by Crippen LogP contribution is 2.29. The van der Waals surface area contributed by atoms with Crippen LogP contribution >= 0.6 is 10.7 Å². The first-order valence-electron chi connectivity index (χ1n) is 4.38. The number of hydrogen-bond acceptors (Lipinski definition) is 3. The summed E-state index contributed by atoms with van der Waals surface area (Å²) in [5.41, 5.74) is 0.192. The highest BCUT2D eigenvalue weighted by Gasteiger charge is 2.19. The lowest BCUT2D eigenvalue weighted by Crippen LogP contribution is -2.55. The van der Waals surface area contributed by atoms with Crippen LogP contribution in [0.4, 0.5) is 5.69 Å². The minimum atomic E-state index is -3.87. The summed E-state index contributed by atoms with van der Waals surface area (Å²) in [6.07, 6.45) is 0. The van der Waals surface area contributed by atoms with Crippen molar-refractivity contribution in [1.29, 1.82) is 0 Å². The molecular weight excluding hydrogens is 250 g/mol. The van der Waals surface area contributed by atoms with E-state index in [0.717, 1.165) is 0 Å². The van der Waals surface area contributed by atoms with Crippen molar-refractivity contribution in [3.63, 3.8) is 0 Å². The lowest BCUT2D eigenvalue weighted by Gasteiger charge is -2.01. The summed E-state index contributed by atoms with van der Waals surface area (Å²) < 4.78 is 22.7. The van der Waals surface area contributed by atoms with Gasteiger partial charge in [-0.1, -0.05) is 24.3 Å². The van der Waals surface area contributed by atoms with E-state index in [4.69, 9.17) is 10.7 Å². The quantitative estimate of drug-likeness (QED) is 0.823. The first-order valence-corrected chi connectivity index (χ1v) is 6.69. The zero-order valence-corrected chi connectivity index (χ0v) is 9.55. The predicted molar refractivity (Wildman–Crippen MR) is 61.0 cm³/mol. The molecule has 0 heterocycles. The van der Waals surface area contributed by atoms with Gasteiger partial charge in [0.25, 0.3) is 14.7 Å². The molecule has 1 N–H and O–H groups in total. The normalized spacial score (nSPS) is 11.6. The van der Waals surface area contributed by atoms with Gasteiger partial charge in [-0.25, -0.2) is 8.42 Å². The fourth-order valence-electron chi connectivity index (χ4n) is 1.59. The fourth-order valence-corrected chi connectivity index (χ4v) is 2.69. The summed E-state index contributed by atoms with van der Waals surface area (Å²) >= 11 is 0. The van der Waals surface area contributed by atoms with E-state index in [2.05, 4.69) is 0 Å². The van der Waals surface area contributed by atoms with Gasteiger partial charge in [0.1, 0.15) is 0 Å². The van der Waals surface area contributed by atoms with E-state index < -0.39 is 9.05 Å².